The smallest absolute Gasteiger partial charge is 0.284 e. The summed E-state index contributed by atoms with van der Waals surface area (Å²) in [6.07, 6.45) is 1.40. The van der Waals surface area contributed by atoms with Crippen molar-refractivity contribution in [2.24, 2.45) is 5.73 Å². The summed E-state index contributed by atoms with van der Waals surface area (Å²) in [4.78, 5) is 10.2. The van der Waals surface area contributed by atoms with Crippen molar-refractivity contribution in [1.29, 1.82) is 0 Å². The molecule has 1 amide bonds. The van der Waals surface area contributed by atoms with E-state index in [2.05, 4.69) is 4.42 Å². The van der Waals surface area contributed by atoms with Crippen molar-refractivity contribution < 1.29 is 9.21 Å². The minimum absolute atomic E-state index is 0. The number of furan rings is 1. The van der Waals surface area contributed by atoms with Gasteiger partial charge in [0.2, 0.25) is 0 Å². The standard InChI is InChI=1S/C5H5NO2.2ClH/c6-5(7)4-2-1-3-8-4;;/h1-3H,(H2,6,7);2*1H. The van der Waals surface area contributed by atoms with E-state index in [1.165, 1.54) is 12.3 Å². The number of nitrogens with two attached hydrogens (primary N) is 1. The van der Waals surface area contributed by atoms with Gasteiger partial charge in [0.05, 0.1) is 6.26 Å². The zero-order chi connectivity index (χ0) is 5.98. The lowest BCUT2D eigenvalue weighted by Gasteiger charge is -1.80. The van der Waals surface area contributed by atoms with E-state index >= 15 is 0 Å². The number of carbonyl (C=O) groups is 1. The van der Waals surface area contributed by atoms with Gasteiger partial charge in [-0.15, -0.1) is 24.8 Å². The third-order valence-corrected chi connectivity index (χ3v) is 0.764. The minimum Gasteiger partial charge on any atom is -0.459 e. The van der Waals surface area contributed by atoms with Gasteiger partial charge in [0, 0.05) is 0 Å². The lowest BCUT2D eigenvalue weighted by molar-refractivity contribution is 0.0974. The van der Waals surface area contributed by atoms with Crippen LogP contribution in [0, 0.1) is 0 Å². The Labute approximate surface area is 70.4 Å². The molecule has 0 aliphatic rings. The molecule has 0 spiro atoms. The van der Waals surface area contributed by atoms with Crippen molar-refractivity contribution in [3.05, 3.63) is 24.2 Å². The topological polar surface area (TPSA) is 56.2 Å². The lowest BCUT2D eigenvalue weighted by atomic mass is 10.4. The molecule has 0 saturated heterocycles. The van der Waals surface area contributed by atoms with Crippen molar-refractivity contribution in [3.63, 3.8) is 0 Å². The predicted octanol–water partition coefficient (Wildman–Crippen LogP) is 1.22. The molecular formula is C5H7Cl2NO2. The Morgan fingerprint density at radius 3 is 2.30 bits per heavy atom. The summed E-state index contributed by atoms with van der Waals surface area (Å²) in [6.45, 7) is 0. The van der Waals surface area contributed by atoms with E-state index in [4.69, 9.17) is 5.73 Å². The summed E-state index contributed by atoms with van der Waals surface area (Å²) >= 11 is 0. The minimum atomic E-state index is -0.532. The summed E-state index contributed by atoms with van der Waals surface area (Å²) in [6, 6.07) is 3.13. The zero-order valence-corrected chi connectivity index (χ0v) is 6.58. The first kappa shape index (κ1) is 12.0. The van der Waals surface area contributed by atoms with E-state index in [1.807, 2.05) is 0 Å². The highest BCUT2D eigenvalue weighted by Gasteiger charge is 1.98. The van der Waals surface area contributed by atoms with Crippen molar-refractivity contribution in [1.82, 2.24) is 0 Å². The first-order valence-corrected chi connectivity index (χ1v) is 2.14. The second-order valence-corrected chi connectivity index (χ2v) is 1.34. The van der Waals surface area contributed by atoms with Crippen molar-refractivity contribution in [2.45, 2.75) is 0 Å². The van der Waals surface area contributed by atoms with Crippen LogP contribution in [0.1, 0.15) is 10.6 Å². The third kappa shape index (κ3) is 2.75. The van der Waals surface area contributed by atoms with Gasteiger partial charge in [-0.1, -0.05) is 0 Å². The van der Waals surface area contributed by atoms with Crippen LogP contribution in [0.25, 0.3) is 0 Å². The Bertz CT molecular complexity index is 186. The van der Waals surface area contributed by atoms with E-state index in [0.717, 1.165) is 0 Å². The summed E-state index contributed by atoms with van der Waals surface area (Å²) in [5.41, 5.74) is 4.83. The molecule has 1 aromatic heterocycles. The number of halogens is 2. The third-order valence-electron chi connectivity index (χ3n) is 0.764. The van der Waals surface area contributed by atoms with Crippen LogP contribution in [0.2, 0.25) is 0 Å². The Kier molecular flexibility index (Phi) is 6.20. The van der Waals surface area contributed by atoms with Gasteiger partial charge < -0.3 is 10.2 Å². The number of hydrogen-bond acceptors (Lipinski definition) is 2. The molecule has 10 heavy (non-hydrogen) atoms. The maximum absolute atomic E-state index is 10.2. The lowest BCUT2D eigenvalue weighted by Crippen LogP contribution is -2.08. The van der Waals surface area contributed by atoms with E-state index < -0.39 is 5.91 Å². The number of amides is 1. The van der Waals surface area contributed by atoms with Crippen LogP contribution >= 0.6 is 24.8 Å². The van der Waals surface area contributed by atoms with Gasteiger partial charge in [-0.3, -0.25) is 4.79 Å². The molecule has 0 unspecified atom stereocenters. The van der Waals surface area contributed by atoms with Crippen molar-refractivity contribution >= 4 is 30.7 Å². The molecule has 0 atom stereocenters. The number of primary amides is 1. The van der Waals surface area contributed by atoms with E-state index in [0.29, 0.717) is 0 Å². The SMILES string of the molecule is Cl.Cl.NC(=O)c1ccco1. The van der Waals surface area contributed by atoms with Crippen LogP contribution in [0.3, 0.4) is 0 Å². The van der Waals surface area contributed by atoms with Crippen LogP contribution in [0.4, 0.5) is 0 Å². The summed E-state index contributed by atoms with van der Waals surface area (Å²) < 4.78 is 4.62. The summed E-state index contributed by atoms with van der Waals surface area (Å²) in [7, 11) is 0. The van der Waals surface area contributed by atoms with Gasteiger partial charge in [0.1, 0.15) is 0 Å². The maximum atomic E-state index is 10.2. The molecule has 1 heterocycles. The van der Waals surface area contributed by atoms with E-state index in [9.17, 15) is 4.79 Å². The molecule has 0 aliphatic heterocycles. The molecule has 5 heteroatoms. The average molecular weight is 184 g/mol. The fourth-order valence-electron chi connectivity index (χ4n) is 0.419. The summed E-state index contributed by atoms with van der Waals surface area (Å²) in [5.74, 6) is -0.333. The molecule has 0 aromatic carbocycles. The molecular weight excluding hydrogens is 177 g/mol. The van der Waals surface area contributed by atoms with Crippen LogP contribution in [-0.4, -0.2) is 5.91 Å². The normalized spacial score (nSPS) is 7.20. The number of carbonyl (C=O) groups excluding carboxylic acids is 1. The first-order chi connectivity index (χ1) is 3.80. The van der Waals surface area contributed by atoms with E-state index in [1.54, 1.807) is 6.07 Å². The quantitative estimate of drug-likeness (QED) is 0.713. The summed E-state index contributed by atoms with van der Waals surface area (Å²) in [5, 5.41) is 0. The molecule has 58 valence electrons. The molecule has 1 rings (SSSR count). The van der Waals surface area contributed by atoms with Crippen molar-refractivity contribution in [2.75, 3.05) is 0 Å². The molecule has 0 fully saturated rings. The first-order valence-electron chi connectivity index (χ1n) is 2.14. The molecule has 3 nitrogen and oxygen atoms in total. The largest absolute Gasteiger partial charge is 0.459 e. The maximum Gasteiger partial charge on any atom is 0.284 e. The Balaban J connectivity index is 0. The fraction of sp³-hybridized carbons (Fsp3) is 0. The van der Waals surface area contributed by atoms with Crippen LogP contribution in [0.5, 0.6) is 0 Å². The van der Waals surface area contributed by atoms with Gasteiger partial charge in [-0.2, -0.15) is 0 Å². The van der Waals surface area contributed by atoms with Crippen molar-refractivity contribution in [3.8, 4) is 0 Å². The van der Waals surface area contributed by atoms with Crippen LogP contribution < -0.4 is 5.73 Å². The second kappa shape index (κ2) is 5.14. The fourth-order valence-corrected chi connectivity index (χ4v) is 0.419. The Morgan fingerprint density at radius 2 is 2.10 bits per heavy atom. The number of rotatable bonds is 1. The highest BCUT2D eigenvalue weighted by Crippen LogP contribution is 1.96. The van der Waals surface area contributed by atoms with E-state index in [-0.39, 0.29) is 30.6 Å². The molecule has 0 bridgehead atoms. The predicted molar refractivity (Wildman–Crippen MR) is 41.7 cm³/mol. The zero-order valence-electron chi connectivity index (χ0n) is 4.94. The number of hydrogen-bond donors (Lipinski definition) is 1. The molecule has 2 N–H and O–H groups in total. The molecule has 1 aromatic rings. The van der Waals surface area contributed by atoms with Gasteiger partial charge in [-0.05, 0) is 12.1 Å². The van der Waals surface area contributed by atoms with Gasteiger partial charge in [-0.25, -0.2) is 0 Å². The average Bonchev–Trinajstić information content (AvgIpc) is 2.12. The highest BCUT2D eigenvalue weighted by molar-refractivity contribution is 5.89. The van der Waals surface area contributed by atoms with Gasteiger partial charge >= 0.3 is 0 Å². The van der Waals surface area contributed by atoms with Gasteiger partial charge in [0.15, 0.2) is 5.76 Å². The molecule has 0 radical (unpaired) electrons. The van der Waals surface area contributed by atoms with Crippen LogP contribution in [-0.2, 0) is 0 Å². The Morgan fingerprint density at radius 1 is 1.50 bits per heavy atom. The molecule has 0 saturated carbocycles. The highest BCUT2D eigenvalue weighted by atomic mass is 35.5. The molecule has 0 aliphatic carbocycles. The monoisotopic (exact) mass is 183 g/mol. The second-order valence-electron chi connectivity index (χ2n) is 1.34. The van der Waals surface area contributed by atoms with Gasteiger partial charge in [0.25, 0.3) is 5.91 Å². The van der Waals surface area contributed by atoms with Crippen LogP contribution in [0.15, 0.2) is 22.8 Å². The Hall–Kier alpha value is -0.670.